The van der Waals surface area contributed by atoms with Gasteiger partial charge in [-0.2, -0.15) is 0 Å². The Balaban J connectivity index is 1.51. The highest BCUT2D eigenvalue weighted by Crippen LogP contribution is 2.19. The highest BCUT2D eigenvalue weighted by atomic mass is 32.1. The first-order chi connectivity index (χ1) is 11.2. The third-order valence-corrected chi connectivity index (χ3v) is 5.03. The van der Waals surface area contributed by atoms with Gasteiger partial charge < -0.3 is 5.32 Å². The van der Waals surface area contributed by atoms with Gasteiger partial charge in [-0.15, -0.1) is 11.3 Å². The van der Waals surface area contributed by atoms with E-state index in [1.165, 1.54) is 12.8 Å². The predicted molar refractivity (Wildman–Crippen MR) is 91.2 cm³/mol. The molecular weight excluding hydrogens is 308 g/mol. The van der Waals surface area contributed by atoms with Crippen LogP contribution in [0.5, 0.6) is 0 Å². The minimum atomic E-state index is -0.122. The van der Waals surface area contributed by atoms with Crippen LogP contribution in [0.4, 0.5) is 0 Å². The Kier molecular flexibility index (Phi) is 5.35. The van der Waals surface area contributed by atoms with Crippen molar-refractivity contribution < 1.29 is 4.79 Å². The second kappa shape index (κ2) is 7.66. The molecular formula is C17H22N4OS. The summed E-state index contributed by atoms with van der Waals surface area (Å²) in [5.41, 5.74) is 1.50. The maximum Gasteiger partial charge on any atom is 0.271 e. The molecule has 1 fully saturated rings. The number of piperidine rings is 1. The first-order valence-electron chi connectivity index (χ1n) is 8.04. The monoisotopic (exact) mass is 330 g/mol. The van der Waals surface area contributed by atoms with Crippen molar-refractivity contribution in [1.82, 2.24) is 20.2 Å². The van der Waals surface area contributed by atoms with E-state index in [-0.39, 0.29) is 5.91 Å². The second-order valence-electron chi connectivity index (χ2n) is 6.13. The Morgan fingerprint density at radius 3 is 3.00 bits per heavy atom. The van der Waals surface area contributed by atoms with Gasteiger partial charge in [0.2, 0.25) is 0 Å². The summed E-state index contributed by atoms with van der Waals surface area (Å²) < 4.78 is 0. The Bertz CT molecular complexity index is 635. The number of pyridine rings is 1. The molecule has 1 N–H and O–H groups in total. The van der Waals surface area contributed by atoms with Gasteiger partial charge in [-0.25, -0.2) is 4.98 Å². The minimum absolute atomic E-state index is 0.122. The summed E-state index contributed by atoms with van der Waals surface area (Å²) >= 11 is 1.57. The van der Waals surface area contributed by atoms with E-state index in [0.29, 0.717) is 12.2 Å². The lowest BCUT2D eigenvalue weighted by Gasteiger charge is -2.29. The summed E-state index contributed by atoms with van der Waals surface area (Å²) in [5.74, 6) is 0.708. The van der Waals surface area contributed by atoms with E-state index in [9.17, 15) is 4.79 Å². The van der Waals surface area contributed by atoms with Crippen molar-refractivity contribution in [1.29, 1.82) is 0 Å². The van der Waals surface area contributed by atoms with Crippen LogP contribution in [0.25, 0.3) is 0 Å². The van der Waals surface area contributed by atoms with Crippen LogP contribution in [0.1, 0.15) is 40.8 Å². The largest absolute Gasteiger partial charge is 0.347 e. The number of rotatable bonds is 5. The van der Waals surface area contributed by atoms with Crippen LogP contribution in [0.2, 0.25) is 0 Å². The quantitative estimate of drug-likeness (QED) is 0.916. The lowest BCUT2D eigenvalue weighted by Crippen LogP contribution is -2.32. The number of carbonyl (C=O) groups is 1. The van der Waals surface area contributed by atoms with Crippen LogP contribution in [0.3, 0.4) is 0 Å². The van der Waals surface area contributed by atoms with Gasteiger partial charge in [-0.05, 0) is 43.5 Å². The van der Waals surface area contributed by atoms with Gasteiger partial charge in [-0.3, -0.25) is 14.7 Å². The Labute approximate surface area is 140 Å². The molecule has 23 heavy (non-hydrogen) atoms. The number of likely N-dealkylation sites (tertiary alicyclic amines) is 1. The van der Waals surface area contributed by atoms with Gasteiger partial charge in [0.05, 0.1) is 6.54 Å². The van der Waals surface area contributed by atoms with Crippen LogP contribution in [0, 0.1) is 5.92 Å². The number of aromatic nitrogens is 2. The summed E-state index contributed by atoms with van der Waals surface area (Å²) in [6.07, 6.45) is 5.98. The number of nitrogens with one attached hydrogen (secondary N) is 1. The highest BCUT2D eigenvalue weighted by Gasteiger charge is 2.18. The molecule has 0 radical (unpaired) electrons. The fourth-order valence-electron chi connectivity index (χ4n) is 2.67. The average molecular weight is 330 g/mol. The van der Waals surface area contributed by atoms with Crippen LogP contribution < -0.4 is 5.32 Å². The van der Waals surface area contributed by atoms with Gasteiger partial charge >= 0.3 is 0 Å². The fraction of sp³-hybridized carbons (Fsp3) is 0.471. The Morgan fingerprint density at radius 1 is 1.43 bits per heavy atom. The van der Waals surface area contributed by atoms with Crippen molar-refractivity contribution in [3.05, 3.63) is 46.2 Å². The molecule has 0 atom stereocenters. The van der Waals surface area contributed by atoms with Crippen molar-refractivity contribution in [3.8, 4) is 0 Å². The van der Waals surface area contributed by atoms with Gasteiger partial charge in [0.15, 0.2) is 0 Å². The molecule has 0 aliphatic carbocycles. The SMILES string of the molecule is CC1CCN(Cc2nc(C(=O)NCc3cccnc3)cs2)CC1. The predicted octanol–water partition coefficient (Wildman–Crippen LogP) is 2.70. The second-order valence-corrected chi connectivity index (χ2v) is 7.07. The summed E-state index contributed by atoms with van der Waals surface area (Å²) in [5, 5.41) is 5.76. The van der Waals surface area contributed by atoms with Crippen LogP contribution in [0.15, 0.2) is 29.9 Å². The number of hydrogen-bond acceptors (Lipinski definition) is 5. The van der Waals surface area contributed by atoms with E-state index >= 15 is 0 Å². The van der Waals surface area contributed by atoms with E-state index in [1.807, 2.05) is 17.5 Å². The summed E-state index contributed by atoms with van der Waals surface area (Å²) in [4.78, 5) is 23.1. The molecule has 0 saturated carbocycles. The lowest BCUT2D eigenvalue weighted by molar-refractivity contribution is 0.0946. The number of carbonyl (C=O) groups excluding carboxylic acids is 1. The molecule has 3 rings (SSSR count). The van der Waals surface area contributed by atoms with Crippen molar-refractivity contribution in [2.75, 3.05) is 13.1 Å². The molecule has 2 aromatic heterocycles. The van der Waals surface area contributed by atoms with Crippen molar-refractivity contribution in [2.45, 2.75) is 32.9 Å². The standard InChI is InChI=1S/C17H22N4OS/c1-13-4-7-21(8-5-13)11-16-20-15(12-23-16)17(22)19-10-14-3-2-6-18-9-14/h2-3,6,9,12-13H,4-5,7-8,10-11H2,1H3,(H,19,22). The smallest absolute Gasteiger partial charge is 0.271 e. The zero-order chi connectivity index (χ0) is 16.1. The fourth-order valence-corrected chi connectivity index (χ4v) is 3.49. The molecule has 1 aliphatic heterocycles. The lowest BCUT2D eigenvalue weighted by atomic mass is 9.99. The maximum atomic E-state index is 12.2. The van der Waals surface area contributed by atoms with Gasteiger partial charge in [0.25, 0.3) is 5.91 Å². The van der Waals surface area contributed by atoms with E-state index < -0.39 is 0 Å². The van der Waals surface area contributed by atoms with Crippen molar-refractivity contribution >= 4 is 17.2 Å². The number of hydrogen-bond donors (Lipinski definition) is 1. The molecule has 122 valence electrons. The summed E-state index contributed by atoms with van der Waals surface area (Å²) in [6.45, 7) is 5.90. The van der Waals surface area contributed by atoms with Crippen molar-refractivity contribution in [2.24, 2.45) is 5.92 Å². The number of thiazole rings is 1. The third-order valence-electron chi connectivity index (χ3n) is 4.20. The van der Waals surface area contributed by atoms with E-state index in [0.717, 1.165) is 36.1 Å². The van der Waals surface area contributed by atoms with E-state index in [2.05, 4.69) is 27.1 Å². The first kappa shape index (κ1) is 16.1. The van der Waals surface area contributed by atoms with Gasteiger partial charge in [0, 0.05) is 24.3 Å². The van der Waals surface area contributed by atoms with E-state index in [1.54, 1.807) is 23.7 Å². The van der Waals surface area contributed by atoms with Crippen LogP contribution >= 0.6 is 11.3 Å². The molecule has 5 nitrogen and oxygen atoms in total. The van der Waals surface area contributed by atoms with Crippen LogP contribution in [-0.2, 0) is 13.1 Å². The topological polar surface area (TPSA) is 58.1 Å². The maximum absolute atomic E-state index is 12.2. The molecule has 1 amide bonds. The highest BCUT2D eigenvalue weighted by molar-refractivity contribution is 7.09. The molecule has 0 aromatic carbocycles. The summed E-state index contributed by atoms with van der Waals surface area (Å²) in [6, 6.07) is 3.80. The molecule has 0 spiro atoms. The Hall–Kier alpha value is -1.79. The molecule has 0 unspecified atom stereocenters. The number of amides is 1. The molecule has 1 saturated heterocycles. The Morgan fingerprint density at radius 2 is 2.26 bits per heavy atom. The molecule has 2 aromatic rings. The normalized spacial score (nSPS) is 16.4. The zero-order valence-corrected chi connectivity index (χ0v) is 14.2. The van der Waals surface area contributed by atoms with Crippen molar-refractivity contribution in [3.63, 3.8) is 0 Å². The molecule has 0 bridgehead atoms. The van der Waals surface area contributed by atoms with Gasteiger partial charge in [0.1, 0.15) is 10.7 Å². The summed E-state index contributed by atoms with van der Waals surface area (Å²) in [7, 11) is 0. The average Bonchev–Trinajstić information content (AvgIpc) is 3.04. The van der Waals surface area contributed by atoms with E-state index in [4.69, 9.17) is 0 Å². The van der Waals surface area contributed by atoms with Crippen LogP contribution in [-0.4, -0.2) is 33.9 Å². The first-order valence-corrected chi connectivity index (χ1v) is 8.92. The molecule has 1 aliphatic rings. The number of nitrogens with zero attached hydrogens (tertiary/aromatic N) is 3. The third kappa shape index (κ3) is 4.59. The molecule has 6 heteroatoms. The van der Waals surface area contributed by atoms with Gasteiger partial charge in [-0.1, -0.05) is 13.0 Å². The molecule has 3 heterocycles. The zero-order valence-electron chi connectivity index (χ0n) is 13.4. The minimum Gasteiger partial charge on any atom is -0.347 e.